The number of aromatic amines is 2. The van der Waals surface area contributed by atoms with Gasteiger partial charge in [0, 0.05) is 83.0 Å². The van der Waals surface area contributed by atoms with Gasteiger partial charge in [-0.25, -0.2) is 19.0 Å². The molecule has 4 aliphatic rings. The summed E-state index contributed by atoms with van der Waals surface area (Å²) in [6, 6.07) is 21.0. The van der Waals surface area contributed by atoms with Gasteiger partial charge in [-0.1, -0.05) is 74.5 Å². The second-order valence-electron chi connectivity index (χ2n) is 17.8. The van der Waals surface area contributed by atoms with Gasteiger partial charge in [0.15, 0.2) is 11.0 Å². The Kier molecular flexibility index (Phi) is 12.0. The lowest BCUT2D eigenvalue weighted by atomic mass is 9.96. The Bertz CT molecular complexity index is 2550. The number of fused-ring (bicyclic) bond motifs is 2. The van der Waals surface area contributed by atoms with E-state index in [2.05, 4.69) is 97.4 Å². The fraction of sp³-hybridized carbons (Fsp3) is 0.500. The van der Waals surface area contributed by atoms with Crippen LogP contribution in [0.3, 0.4) is 0 Å². The molecule has 10 rings (SSSR count). The van der Waals surface area contributed by atoms with Gasteiger partial charge in [0.1, 0.15) is 23.3 Å². The Morgan fingerprint density at radius 2 is 1.08 bits per heavy atom. The second-order valence-corrected chi connectivity index (χ2v) is 17.8. The van der Waals surface area contributed by atoms with Crippen molar-refractivity contribution in [3.63, 3.8) is 0 Å². The van der Waals surface area contributed by atoms with E-state index in [0.717, 1.165) is 114 Å². The van der Waals surface area contributed by atoms with E-state index in [1.165, 1.54) is 11.1 Å². The third kappa shape index (κ3) is 8.82. The van der Waals surface area contributed by atoms with E-state index >= 15 is 0 Å². The van der Waals surface area contributed by atoms with Crippen LogP contribution >= 0.6 is 0 Å². The van der Waals surface area contributed by atoms with Gasteiger partial charge in [-0.2, -0.15) is 10.2 Å². The van der Waals surface area contributed by atoms with E-state index in [9.17, 15) is 14.4 Å². The quantitative estimate of drug-likeness (QED) is 0.199. The number of amides is 1. The van der Waals surface area contributed by atoms with Crippen molar-refractivity contribution in [1.29, 1.82) is 0 Å². The van der Waals surface area contributed by atoms with E-state index in [1.54, 1.807) is 23.8 Å². The summed E-state index contributed by atoms with van der Waals surface area (Å²) in [6.45, 7) is 15.1. The fourth-order valence-corrected chi connectivity index (χ4v) is 10.1. The minimum absolute atomic E-state index is 0.0867. The zero-order valence-corrected chi connectivity index (χ0v) is 35.5. The Hall–Kier alpha value is -5.51. The Morgan fingerprint density at radius 3 is 1.52 bits per heavy atom. The summed E-state index contributed by atoms with van der Waals surface area (Å²) in [5.74, 6) is 5.19. The van der Waals surface area contributed by atoms with Gasteiger partial charge in [0.05, 0.1) is 12.4 Å². The molecule has 0 aliphatic carbocycles. The third-order valence-corrected chi connectivity index (χ3v) is 13.5. The zero-order valence-electron chi connectivity index (χ0n) is 35.5. The lowest BCUT2D eigenvalue weighted by Crippen LogP contribution is -2.36. The number of nitrogens with zero attached hydrogens (tertiary/aromatic N) is 9. The maximum atomic E-state index is 12.9. The average molecular weight is 827 g/mol. The standard InChI is InChI=1S/C24H30N6O2.C22H28N6O/c1-16-13-28(14-18-6-4-3-5-7-18)15-20(16)22-26-24(32)21-12-25-23(30(21)27-22)19-8-10-29(11-9-19)17(2)31;1-15-12-27(13-16-5-3-2-4-6-16)14-18(15)20-25-22(29)19-11-24-21(28(19)26-20)17-7-9-23-10-8-17/h3-7,12,16,19-20H,8-11,13-15H2,1-2H3,(H,26,27,32);2-6,11,15,17-18,23H,7-10,12-14H2,1H3,(H,25,26,29). The van der Waals surface area contributed by atoms with E-state index in [4.69, 9.17) is 10.2 Å². The van der Waals surface area contributed by atoms with E-state index in [1.807, 2.05) is 21.5 Å². The molecule has 4 fully saturated rings. The van der Waals surface area contributed by atoms with Gasteiger partial charge in [-0.15, -0.1) is 0 Å². The molecule has 0 bridgehead atoms. The highest BCUT2D eigenvalue weighted by molar-refractivity contribution is 5.73. The number of H-pyrrole nitrogens is 2. The Morgan fingerprint density at radius 1 is 0.639 bits per heavy atom. The number of aromatic nitrogens is 8. The van der Waals surface area contributed by atoms with Crippen LogP contribution in [-0.4, -0.2) is 112 Å². The molecule has 15 heteroatoms. The van der Waals surface area contributed by atoms with Crippen LogP contribution in [0.25, 0.3) is 11.0 Å². The van der Waals surface area contributed by atoms with E-state index < -0.39 is 0 Å². The summed E-state index contributed by atoms with van der Waals surface area (Å²) in [6.07, 6.45) is 7.05. The first-order valence-electron chi connectivity index (χ1n) is 22.1. The number of carbonyl (C=O) groups excluding carboxylic acids is 1. The van der Waals surface area contributed by atoms with Gasteiger partial charge in [-0.05, 0) is 61.7 Å². The summed E-state index contributed by atoms with van der Waals surface area (Å²) in [5.41, 5.74) is 3.43. The molecule has 4 aromatic heterocycles. The molecular weight excluding hydrogens is 769 g/mol. The molecule has 61 heavy (non-hydrogen) atoms. The first-order valence-corrected chi connectivity index (χ1v) is 22.1. The Labute approximate surface area is 355 Å². The summed E-state index contributed by atoms with van der Waals surface area (Å²) in [5, 5.41) is 13.2. The number of piperidine rings is 2. The molecule has 6 aromatic rings. The van der Waals surface area contributed by atoms with Crippen molar-refractivity contribution in [3.05, 3.63) is 128 Å². The highest BCUT2D eigenvalue weighted by Crippen LogP contribution is 2.33. The number of likely N-dealkylation sites (tertiary alicyclic amines) is 3. The van der Waals surface area contributed by atoms with Crippen molar-refractivity contribution in [2.75, 3.05) is 52.4 Å². The van der Waals surface area contributed by atoms with E-state index in [0.29, 0.717) is 28.8 Å². The predicted molar refractivity (Wildman–Crippen MR) is 234 cm³/mol. The fourth-order valence-electron chi connectivity index (χ4n) is 10.1. The Balaban J connectivity index is 0.000000157. The number of hydrogen-bond acceptors (Lipinski definition) is 10. The first kappa shape index (κ1) is 40.9. The highest BCUT2D eigenvalue weighted by atomic mass is 16.2. The third-order valence-electron chi connectivity index (χ3n) is 13.5. The van der Waals surface area contributed by atoms with E-state index in [-0.39, 0.29) is 34.8 Å². The first-order chi connectivity index (χ1) is 29.7. The molecule has 320 valence electrons. The van der Waals surface area contributed by atoms with Gasteiger partial charge in [0.2, 0.25) is 5.91 Å². The van der Waals surface area contributed by atoms with Crippen LogP contribution in [0, 0.1) is 11.8 Å². The van der Waals surface area contributed by atoms with Gasteiger partial charge < -0.3 is 20.2 Å². The minimum Gasteiger partial charge on any atom is -0.343 e. The average Bonchev–Trinajstić information content (AvgIpc) is 4.07. The molecule has 4 saturated heterocycles. The normalized spacial score (nSPS) is 23.2. The van der Waals surface area contributed by atoms with Crippen LogP contribution in [0.1, 0.15) is 105 Å². The molecule has 0 saturated carbocycles. The van der Waals surface area contributed by atoms with Gasteiger partial charge in [-0.3, -0.25) is 24.2 Å². The number of hydrogen-bond donors (Lipinski definition) is 3. The van der Waals surface area contributed by atoms with Crippen LogP contribution in [0.5, 0.6) is 0 Å². The van der Waals surface area contributed by atoms with Crippen LogP contribution in [0.2, 0.25) is 0 Å². The molecule has 0 spiro atoms. The van der Waals surface area contributed by atoms with Crippen molar-refractivity contribution in [2.24, 2.45) is 11.8 Å². The van der Waals surface area contributed by atoms with Gasteiger partial charge >= 0.3 is 0 Å². The van der Waals surface area contributed by atoms with Crippen molar-refractivity contribution < 1.29 is 4.79 Å². The molecule has 2 aromatic carbocycles. The molecule has 1 amide bonds. The zero-order chi connectivity index (χ0) is 42.0. The van der Waals surface area contributed by atoms with Crippen molar-refractivity contribution >= 4 is 16.9 Å². The molecule has 0 radical (unpaired) electrons. The van der Waals surface area contributed by atoms with Crippen LogP contribution in [0.4, 0.5) is 0 Å². The van der Waals surface area contributed by atoms with Crippen molar-refractivity contribution in [3.8, 4) is 0 Å². The number of imidazole rings is 2. The number of carbonyl (C=O) groups is 1. The van der Waals surface area contributed by atoms with Crippen LogP contribution in [-0.2, 0) is 17.9 Å². The summed E-state index contributed by atoms with van der Waals surface area (Å²) in [4.78, 5) is 59.3. The van der Waals surface area contributed by atoms with Crippen LogP contribution < -0.4 is 16.4 Å². The second kappa shape index (κ2) is 17.8. The van der Waals surface area contributed by atoms with Crippen molar-refractivity contribution in [1.82, 2.24) is 59.2 Å². The summed E-state index contributed by atoms with van der Waals surface area (Å²) in [7, 11) is 0. The maximum Gasteiger partial charge on any atom is 0.276 e. The molecule has 4 aliphatic heterocycles. The lowest BCUT2D eigenvalue weighted by molar-refractivity contribution is -0.129. The predicted octanol–water partition coefficient (Wildman–Crippen LogP) is 4.50. The molecule has 3 N–H and O–H groups in total. The number of rotatable bonds is 8. The summed E-state index contributed by atoms with van der Waals surface area (Å²) < 4.78 is 3.57. The highest BCUT2D eigenvalue weighted by Gasteiger charge is 2.35. The minimum atomic E-state index is -0.136. The van der Waals surface area contributed by atoms with Gasteiger partial charge in [0.25, 0.3) is 11.1 Å². The summed E-state index contributed by atoms with van der Waals surface area (Å²) >= 11 is 0. The molecular formula is C46H58N12O3. The smallest absolute Gasteiger partial charge is 0.276 e. The SMILES string of the molecule is CC(=O)N1CCC(c2ncc3c(=O)[nH]c(C4CN(Cc5ccccc5)CC4C)nn23)CC1.CC1CN(Cc2ccccc2)CC1c1nn2c(C3CCNCC3)ncc2c(=O)[nH]1. The van der Waals surface area contributed by atoms with Crippen molar-refractivity contribution in [2.45, 2.75) is 83.2 Å². The molecule has 4 unspecified atom stereocenters. The van der Waals surface area contributed by atoms with Crippen LogP contribution in [0.15, 0.2) is 82.6 Å². The lowest BCUT2D eigenvalue weighted by Gasteiger charge is -2.30. The molecule has 4 atom stereocenters. The monoisotopic (exact) mass is 826 g/mol. The number of nitrogens with one attached hydrogen (secondary N) is 3. The molecule has 8 heterocycles. The molecule has 15 nitrogen and oxygen atoms in total. The topological polar surface area (TPSA) is 165 Å². The largest absolute Gasteiger partial charge is 0.343 e. The maximum absolute atomic E-state index is 12.9. The number of benzene rings is 2.